The molecule has 1 aromatic heterocycles. The summed E-state index contributed by atoms with van der Waals surface area (Å²) in [5.74, 6) is -0.404. The van der Waals surface area contributed by atoms with E-state index in [0.29, 0.717) is 5.69 Å². The van der Waals surface area contributed by atoms with Crippen molar-refractivity contribution >= 4 is 32.8 Å². The van der Waals surface area contributed by atoms with Crippen molar-refractivity contribution in [2.24, 2.45) is 0 Å². The second-order valence-electron chi connectivity index (χ2n) is 5.06. The SMILES string of the molecule is CC.COC(=O)c1nn(C2C=C(Br)C=CC2)c2ccc(C)cc12. The van der Waals surface area contributed by atoms with E-state index in [1.54, 1.807) is 0 Å². The van der Waals surface area contributed by atoms with Crippen LogP contribution in [0.1, 0.15) is 42.4 Å². The number of carbonyl (C=O) groups excluding carboxylic acids is 1. The normalized spacial score (nSPS) is 16.6. The molecular weight excluding hydrogens is 356 g/mol. The predicted molar refractivity (Wildman–Crippen MR) is 97.0 cm³/mol. The van der Waals surface area contributed by atoms with Crippen molar-refractivity contribution < 1.29 is 9.53 Å². The highest BCUT2D eigenvalue weighted by molar-refractivity contribution is 9.11. The lowest BCUT2D eigenvalue weighted by Gasteiger charge is -2.16. The zero-order valence-corrected chi connectivity index (χ0v) is 15.4. The number of allylic oxidation sites excluding steroid dienone is 4. The molecule has 1 aromatic carbocycles. The molecule has 23 heavy (non-hydrogen) atoms. The number of esters is 1. The van der Waals surface area contributed by atoms with E-state index in [4.69, 9.17) is 4.74 Å². The van der Waals surface area contributed by atoms with Crippen molar-refractivity contribution in [3.8, 4) is 0 Å². The first-order valence-electron chi connectivity index (χ1n) is 7.71. The number of hydrogen-bond donors (Lipinski definition) is 0. The number of aryl methyl sites for hydroxylation is 1. The zero-order chi connectivity index (χ0) is 17.0. The van der Waals surface area contributed by atoms with Crippen LogP contribution in [-0.4, -0.2) is 22.9 Å². The number of rotatable bonds is 2. The van der Waals surface area contributed by atoms with Gasteiger partial charge in [0.2, 0.25) is 0 Å². The van der Waals surface area contributed by atoms with Crippen LogP contribution < -0.4 is 0 Å². The van der Waals surface area contributed by atoms with E-state index >= 15 is 0 Å². The molecule has 1 aliphatic carbocycles. The van der Waals surface area contributed by atoms with Gasteiger partial charge < -0.3 is 4.74 Å². The summed E-state index contributed by atoms with van der Waals surface area (Å²) in [6.07, 6.45) is 7.05. The molecule has 0 radical (unpaired) electrons. The summed E-state index contributed by atoms with van der Waals surface area (Å²) in [6, 6.07) is 6.10. The third-order valence-corrected chi connectivity index (χ3v) is 4.09. The van der Waals surface area contributed by atoms with Crippen LogP contribution >= 0.6 is 15.9 Å². The maximum Gasteiger partial charge on any atom is 0.359 e. The van der Waals surface area contributed by atoms with Crippen LogP contribution in [0.4, 0.5) is 0 Å². The van der Waals surface area contributed by atoms with Crippen molar-refractivity contribution in [3.63, 3.8) is 0 Å². The van der Waals surface area contributed by atoms with Crippen LogP contribution in [0.25, 0.3) is 10.9 Å². The quantitative estimate of drug-likeness (QED) is 0.697. The average molecular weight is 377 g/mol. The number of nitrogens with zero attached hydrogens (tertiary/aromatic N) is 2. The summed E-state index contributed by atoms with van der Waals surface area (Å²) in [6.45, 7) is 6.00. The van der Waals surface area contributed by atoms with Gasteiger partial charge in [-0.05, 0) is 31.6 Å². The van der Waals surface area contributed by atoms with E-state index in [9.17, 15) is 4.79 Å². The Labute approximate surface area is 144 Å². The third-order valence-electron chi connectivity index (χ3n) is 3.56. The molecule has 0 saturated carbocycles. The standard InChI is InChI=1S/C16H15BrN2O2.C2H6/c1-10-6-7-14-13(8-10)15(16(20)21-2)18-19(14)12-5-3-4-11(17)9-12;1-2/h3-4,6-9,12H,5H2,1-2H3;1-2H3. The molecule has 0 spiro atoms. The molecule has 0 fully saturated rings. The number of fused-ring (bicyclic) bond motifs is 1. The zero-order valence-electron chi connectivity index (χ0n) is 13.8. The smallest absolute Gasteiger partial charge is 0.359 e. The van der Waals surface area contributed by atoms with E-state index in [0.717, 1.165) is 27.4 Å². The lowest BCUT2D eigenvalue weighted by molar-refractivity contribution is 0.0595. The highest BCUT2D eigenvalue weighted by Crippen LogP contribution is 2.29. The van der Waals surface area contributed by atoms with Crippen molar-refractivity contribution in [3.05, 3.63) is 52.2 Å². The molecule has 0 amide bonds. The minimum atomic E-state index is -0.404. The van der Waals surface area contributed by atoms with Gasteiger partial charge in [-0.2, -0.15) is 5.10 Å². The number of carbonyl (C=O) groups is 1. The number of aromatic nitrogens is 2. The number of benzene rings is 1. The Kier molecular flexibility index (Phi) is 5.77. The van der Waals surface area contributed by atoms with E-state index < -0.39 is 5.97 Å². The van der Waals surface area contributed by atoms with Gasteiger partial charge in [-0.3, -0.25) is 4.68 Å². The Bertz CT molecular complexity index is 775. The first-order chi connectivity index (χ1) is 11.1. The van der Waals surface area contributed by atoms with Crippen LogP contribution in [0.5, 0.6) is 0 Å². The van der Waals surface area contributed by atoms with Gasteiger partial charge in [0.25, 0.3) is 0 Å². The van der Waals surface area contributed by atoms with E-state index in [1.165, 1.54) is 7.11 Å². The van der Waals surface area contributed by atoms with Gasteiger partial charge in [0, 0.05) is 9.87 Å². The summed E-state index contributed by atoms with van der Waals surface area (Å²) >= 11 is 3.49. The van der Waals surface area contributed by atoms with E-state index in [-0.39, 0.29) is 6.04 Å². The molecule has 1 atom stereocenters. The largest absolute Gasteiger partial charge is 0.464 e. The second-order valence-corrected chi connectivity index (χ2v) is 5.98. The highest BCUT2D eigenvalue weighted by atomic mass is 79.9. The molecule has 122 valence electrons. The lowest BCUT2D eigenvalue weighted by atomic mass is 10.1. The molecule has 2 aromatic rings. The van der Waals surface area contributed by atoms with Gasteiger partial charge in [0.1, 0.15) is 0 Å². The monoisotopic (exact) mass is 376 g/mol. The summed E-state index contributed by atoms with van der Waals surface area (Å²) < 4.78 is 7.77. The first-order valence-corrected chi connectivity index (χ1v) is 8.50. The maximum atomic E-state index is 12.0. The van der Waals surface area contributed by atoms with Gasteiger partial charge in [-0.25, -0.2) is 4.79 Å². The molecule has 0 bridgehead atoms. The molecule has 0 N–H and O–H groups in total. The van der Waals surface area contributed by atoms with Gasteiger partial charge in [0.15, 0.2) is 5.69 Å². The number of ether oxygens (including phenoxy) is 1. The van der Waals surface area contributed by atoms with Gasteiger partial charge in [-0.1, -0.05) is 53.6 Å². The molecule has 1 aliphatic rings. The fraction of sp³-hybridized carbons (Fsp3) is 0.333. The van der Waals surface area contributed by atoms with Crippen molar-refractivity contribution in [1.29, 1.82) is 0 Å². The number of methoxy groups -OCH3 is 1. The summed E-state index contributed by atoms with van der Waals surface area (Å²) in [4.78, 5) is 12.0. The molecule has 0 saturated heterocycles. The highest BCUT2D eigenvalue weighted by Gasteiger charge is 2.21. The first kappa shape index (κ1) is 17.5. The van der Waals surface area contributed by atoms with Crippen LogP contribution in [0.2, 0.25) is 0 Å². The molecule has 5 heteroatoms. The molecule has 4 nitrogen and oxygen atoms in total. The molecule has 1 unspecified atom stereocenters. The summed E-state index contributed by atoms with van der Waals surface area (Å²) in [7, 11) is 1.38. The average Bonchev–Trinajstić information content (AvgIpc) is 2.94. The van der Waals surface area contributed by atoms with Crippen LogP contribution in [-0.2, 0) is 4.74 Å². The Balaban J connectivity index is 0.000000924. The predicted octanol–water partition coefficient (Wildman–Crippen LogP) is 4.94. The van der Waals surface area contributed by atoms with E-state index in [2.05, 4.69) is 33.2 Å². The minimum absolute atomic E-state index is 0.0907. The fourth-order valence-corrected chi connectivity index (χ4v) is 3.04. The van der Waals surface area contributed by atoms with Gasteiger partial charge in [-0.15, -0.1) is 0 Å². The third kappa shape index (κ3) is 3.55. The van der Waals surface area contributed by atoms with Crippen LogP contribution in [0, 0.1) is 6.92 Å². The van der Waals surface area contributed by atoms with Crippen molar-refractivity contribution in [2.75, 3.05) is 7.11 Å². The minimum Gasteiger partial charge on any atom is -0.464 e. The number of hydrogen-bond acceptors (Lipinski definition) is 3. The molecule has 3 rings (SSSR count). The number of halogens is 1. The van der Waals surface area contributed by atoms with Gasteiger partial charge >= 0.3 is 5.97 Å². The maximum absolute atomic E-state index is 12.0. The Morgan fingerprint density at radius 2 is 2.13 bits per heavy atom. The van der Waals surface area contributed by atoms with Crippen molar-refractivity contribution in [2.45, 2.75) is 33.2 Å². The van der Waals surface area contributed by atoms with Crippen LogP contribution in [0.3, 0.4) is 0 Å². The summed E-state index contributed by atoms with van der Waals surface area (Å²) in [5, 5.41) is 5.34. The Hall–Kier alpha value is -1.88. The summed E-state index contributed by atoms with van der Waals surface area (Å²) in [5.41, 5.74) is 2.40. The molecule has 0 aliphatic heterocycles. The Morgan fingerprint density at radius 3 is 2.78 bits per heavy atom. The second kappa shape index (κ2) is 7.59. The topological polar surface area (TPSA) is 44.1 Å². The molecule has 1 heterocycles. The van der Waals surface area contributed by atoms with E-state index in [1.807, 2.05) is 49.7 Å². The fourth-order valence-electron chi connectivity index (χ4n) is 2.55. The van der Waals surface area contributed by atoms with Crippen molar-refractivity contribution in [1.82, 2.24) is 9.78 Å². The lowest BCUT2D eigenvalue weighted by Crippen LogP contribution is -2.11. The van der Waals surface area contributed by atoms with Gasteiger partial charge in [0.05, 0.1) is 18.7 Å². The molecular formula is C18H21BrN2O2. The Morgan fingerprint density at radius 1 is 1.39 bits per heavy atom. The van der Waals surface area contributed by atoms with Crippen LogP contribution in [0.15, 0.2) is 40.9 Å².